The standard InChI is InChI=1S/C14H29NO2S/c1-4-5-13-6-8-14(15,9-7-13)10-11-18(16,17)12(2)3/h12-13H,4-11,15H2,1-3H3. The maximum absolute atomic E-state index is 11.8. The predicted molar refractivity (Wildman–Crippen MR) is 77.3 cm³/mol. The molecule has 0 heterocycles. The Kier molecular flexibility index (Phi) is 5.66. The lowest BCUT2D eigenvalue weighted by Gasteiger charge is -2.37. The van der Waals surface area contributed by atoms with Gasteiger partial charge in [-0.05, 0) is 51.9 Å². The van der Waals surface area contributed by atoms with E-state index in [2.05, 4.69) is 6.92 Å². The van der Waals surface area contributed by atoms with Crippen LogP contribution in [0.4, 0.5) is 0 Å². The number of hydrogen-bond acceptors (Lipinski definition) is 3. The SMILES string of the molecule is CCCC1CCC(N)(CCS(=O)(=O)C(C)C)CC1. The molecule has 0 aromatic carbocycles. The molecule has 1 rings (SSSR count). The molecule has 0 amide bonds. The zero-order chi connectivity index (χ0) is 13.8. The van der Waals surface area contributed by atoms with Crippen LogP contribution < -0.4 is 5.73 Å². The predicted octanol–water partition coefficient (Wildman–Crippen LogP) is 2.89. The molecule has 4 heteroatoms. The molecular formula is C14H29NO2S. The second-order valence-corrected chi connectivity index (χ2v) is 8.94. The van der Waals surface area contributed by atoms with Gasteiger partial charge in [0.25, 0.3) is 0 Å². The highest BCUT2D eigenvalue weighted by Crippen LogP contribution is 2.35. The third-order valence-electron chi connectivity index (χ3n) is 4.40. The molecule has 0 spiro atoms. The summed E-state index contributed by atoms with van der Waals surface area (Å²) < 4.78 is 23.7. The van der Waals surface area contributed by atoms with E-state index in [4.69, 9.17) is 5.73 Å². The number of sulfone groups is 1. The second-order valence-electron chi connectivity index (χ2n) is 6.26. The summed E-state index contributed by atoms with van der Waals surface area (Å²) in [5.74, 6) is 1.06. The number of nitrogens with two attached hydrogens (primary N) is 1. The fourth-order valence-electron chi connectivity index (χ4n) is 2.78. The molecule has 0 bridgehead atoms. The summed E-state index contributed by atoms with van der Waals surface area (Å²) in [6.45, 7) is 5.72. The normalized spacial score (nSPS) is 29.7. The highest BCUT2D eigenvalue weighted by atomic mass is 32.2. The van der Waals surface area contributed by atoms with Crippen molar-refractivity contribution >= 4 is 9.84 Å². The molecule has 1 aliphatic carbocycles. The largest absolute Gasteiger partial charge is 0.325 e. The van der Waals surface area contributed by atoms with E-state index in [9.17, 15) is 8.42 Å². The second kappa shape index (κ2) is 6.38. The molecule has 0 aromatic rings. The third-order valence-corrected chi connectivity index (χ3v) is 6.61. The third kappa shape index (κ3) is 4.54. The molecule has 0 radical (unpaired) electrons. The van der Waals surface area contributed by atoms with Gasteiger partial charge in [0.2, 0.25) is 0 Å². The van der Waals surface area contributed by atoms with Crippen molar-refractivity contribution in [2.24, 2.45) is 11.7 Å². The van der Waals surface area contributed by atoms with Gasteiger partial charge < -0.3 is 5.73 Å². The first-order chi connectivity index (χ1) is 8.29. The highest BCUT2D eigenvalue weighted by Gasteiger charge is 2.32. The van der Waals surface area contributed by atoms with E-state index in [-0.39, 0.29) is 16.5 Å². The van der Waals surface area contributed by atoms with E-state index in [0.717, 1.165) is 18.8 Å². The molecule has 0 saturated heterocycles. The Morgan fingerprint density at radius 2 is 1.83 bits per heavy atom. The van der Waals surface area contributed by atoms with Crippen molar-refractivity contribution in [2.45, 2.75) is 76.5 Å². The molecule has 2 N–H and O–H groups in total. The van der Waals surface area contributed by atoms with Crippen LogP contribution in [0.3, 0.4) is 0 Å². The molecule has 0 aliphatic heterocycles. The lowest BCUT2D eigenvalue weighted by Crippen LogP contribution is -2.45. The van der Waals surface area contributed by atoms with Crippen LogP contribution in [-0.2, 0) is 9.84 Å². The van der Waals surface area contributed by atoms with Crippen molar-refractivity contribution in [1.82, 2.24) is 0 Å². The van der Waals surface area contributed by atoms with Crippen LogP contribution in [0.5, 0.6) is 0 Å². The van der Waals surface area contributed by atoms with Gasteiger partial charge in [-0.2, -0.15) is 0 Å². The Labute approximate surface area is 112 Å². The molecule has 0 atom stereocenters. The van der Waals surface area contributed by atoms with Crippen molar-refractivity contribution in [2.75, 3.05) is 5.75 Å². The van der Waals surface area contributed by atoms with Crippen LogP contribution in [0, 0.1) is 5.92 Å². The highest BCUT2D eigenvalue weighted by molar-refractivity contribution is 7.91. The van der Waals surface area contributed by atoms with Gasteiger partial charge in [0, 0.05) is 5.54 Å². The van der Waals surface area contributed by atoms with Crippen molar-refractivity contribution in [3.63, 3.8) is 0 Å². The molecule has 18 heavy (non-hydrogen) atoms. The van der Waals surface area contributed by atoms with Gasteiger partial charge >= 0.3 is 0 Å². The van der Waals surface area contributed by atoms with Crippen LogP contribution in [0.2, 0.25) is 0 Å². The zero-order valence-electron chi connectivity index (χ0n) is 12.1. The van der Waals surface area contributed by atoms with Crippen molar-refractivity contribution < 1.29 is 8.42 Å². The topological polar surface area (TPSA) is 60.2 Å². The number of hydrogen-bond donors (Lipinski definition) is 1. The van der Waals surface area contributed by atoms with E-state index in [1.54, 1.807) is 13.8 Å². The fourth-order valence-corrected chi connectivity index (χ4v) is 3.94. The van der Waals surface area contributed by atoms with E-state index in [0.29, 0.717) is 6.42 Å². The fraction of sp³-hybridized carbons (Fsp3) is 1.00. The molecule has 0 unspecified atom stereocenters. The van der Waals surface area contributed by atoms with Crippen molar-refractivity contribution in [1.29, 1.82) is 0 Å². The molecule has 3 nitrogen and oxygen atoms in total. The van der Waals surface area contributed by atoms with E-state index in [1.807, 2.05) is 0 Å². The van der Waals surface area contributed by atoms with Gasteiger partial charge in [0.05, 0.1) is 11.0 Å². The van der Waals surface area contributed by atoms with Gasteiger partial charge in [0.15, 0.2) is 9.84 Å². The molecule has 1 saturated carbocycles. The lowest BCUT2D eigenvalue weighted by atomic mass is 9.74. The van der Waals surface area contributed by atoms with Gasteiger partial charge in [-0.1, -0.05) is 19.8 Å². The lowest BCUT2D eigenvalue weighted by molar-refractivity contribution is 0.219. The molecule has 108 valence electrons. The Hall–Kier alpha value is -0.0900. The van der Waals surface area contributed by atoms with Crippen LogP contribution in [-0.4, -0.2) is 25.0 Å². The Morgan fingerprint density at radius 1 is 1.28 bits per heavy atom. The first kappa shape index (κ1) is 16.0. The minimum Gasteiger partial charge on any atom is -0.325 e. The first-order valence-corrected chi connectivity index (χ1v) is 9.01. The molecule has 0 aromatic heterocycles. The smallest absolute Gasteiger partial charge is 0.152 e. The summed E-state index contributed by atoms with van der Waals surface area (Å²) in [7, 11) is -2.94. The van der Waals surface area contributed by atoms with Crippen molar-refractivity contribution in [3.05, 3.63) is 0 Å². The number of rotatable bonds is 6. The van der Waals surface area contributed by atoms with E-state index >= 15 is 0 Å². The quantitative estimate of drug-likeness (QED) is 0.811. The van der Waals surface area contributed by atoms with Crippen LogP contribution >= 0.6 is 0 Å². The average molecular weight is 275 g/mol. The summed E-state index contributed by atoms with van der Waals surface area (Å²) in [6.07, 6.45) is 7.49. The van der Waals surface area contributed by atoms with Gasteiger partial charge in [0.1, 0.15) is 0 Å². The average Bonchev–Trinajstić information content (AvgIpc) is 2.30. The van der Waals surface area contributed by atoms with Crippen molar-refractivity contribution in [3.8, 4) is 0 Å². The van der Waals surface area contributed by atoms with Gasteiger partial charge in [-0.15, -0.1) is 0 Å². The molecule has 1 aliphatic rings. The van der Waals surface area contributed by atoms with Crippen LogP contribution in [0.15, 0.2) is 0 Å². The molecule has 1 fully saturated rings. The van der Waals surface area contributed by atoms with Gasteiger partial charge in [-0.3, -0.25) is 0 Å². The van der Waals surface area contributed by atoms with Crippen LogP contribution in [0.25, 0.3) is 0 Å². The summed E-state index contributed by atoms with van der Waals surface area (Å²) in [5, 5.41) is -0.280. The van der Waals surface area contributed by atoms with Gasteiger partial charge in [-0.25, -0.2) is 8.42 Å². The maximum Gasteiger partial charge on any atom is 0.152 e. The van der Waals surface area contributed by atoms with Crippen LogP contribution in [0.1, 0.15) is 65.7 Å². The summed E-state index contributed by atoms with van der Waals surface area (Å²) >= 11 is 0. The summed E-state index contributed by atoms with van der Waals surface area (Å²) in [6, 6.07) is 0. The Balaban J connectivity index is 2.44. The Bertz CT molecular complexity index is 341. The first-order valence-electron chi connectivity index (χ1n) is 7.29. The maximum atomic E-state index is 11.8. The monoisotopic (exact) mass is 275 g/mol. The molecular weight excluding hydrogens is 246 g/mol. The summed E-state index contributed by atoms with van der Waals surface area (Å²) in [5.41, 5.74) is 6.13. The van der Waals surface area contributed by atoms with E-state index < -0.39 is 9.84 Å². The summed E-state index contributed by atoms with van der Waals surface area (Å²) in [4.78, 5) is 0. The zero-order valence-corrected chi connectivity index (χ0v) is 12.9. The minimum absolute atomic E-state index is 0.230. The Morgan fingerprint density at radius 3 is 2.28 bits per heavy atom. The minimum atomic E-state index is -2.94. The van der Waals surface area contributed by atoms with E-state index in [1.165, 1.54) is 25.7 Å².